The number of carbonyl (C=O) groups is 3. The second-order valence-corrected chi connectivity index (χ2v) is 7.53. The third kappa shape index (κ3) is 39.0. The summed E-state index contributed by atoms with van der Waals surface area (Å²) in [4.78, 5) is 54.0. The number of amides is 1. The summed E-state index contributed by atoms with van der Waals surface area (Å²) in [5.74, 6) is 18.1. The van der Waals surface area contributed by atoms with E-state index in [9.17, 15) is 28.7 Å². The Balaban J connectivity index is -0.0000000621. The molecule has 0 radical (unpaired) electrons. The van der Waals surface area contributed by atoms with E-state index < -0.39 is 39.1 Å². The van der Waals surface area contributed by atoms with Crippen LogP contribution < -0.4 is 74.6 Å². The Bertz CT molecular complexity index is 1060. The first-order chi connectivity index (χ1) is 16.5. The predicted octanol–water partition coefficient (Wildman–Crippen LogP) is -3.99. The smallest absolute Gasteiger partial charge is 0.790 e. The Labute approximate surface area is 276 Å². The van der Waals surface area contributed by atoms with Crippen LogP contribution in [0, 0.1) is 59.7 Å². The molecule has 1 atom stereocenters. The molecule has 0 aliphatic carbocycles. The van der Waals surface area contributed by atoms with Gasteiger partial charge in [0.15, 0.2) is 6.10 Å². The maximum absolute atomic E-state index is 11.9. The largest absolute Gasteiger partial charge is 1.00 e. The number of ether oxygens (including phenoxy) is 2. The van der Waals surface area contributed by atoms with Crippen molar-refractivity contribution >= 4 is 25.7 Å². The van der Waals surface area contributed by atoms with Crippen molar-refractivity contribution in [3.63, 3.8) is 0 Å². The molecule has 0 fully saturated rings. The molecule has 0 aromatic heterocycles. The quantitative estimate of drug-likeness (QED) is 0.0617. The second kappa shape index (κ2) is 28.9. The van der Waals surface area contributed by atoms with Gasteiger partial charge in [0.25, 0.3) is 0 Å². The fourth-order valence-corrected chi connectivity index (χ4v) is 2.24. The number of phosphoric ester groups is 1. The number of esters is 2. The van der Waals surface area contributed by atoms with Crippen LogP contribution in [0.15, 0.2) is 0 Å². The van der Waals surface area contributed by atoms with Crippen molar-refractivity contribution in [3.05, 3.63) is 0 Å². The minimum Gasteiger partial charge on any atom is -0.790 e. The molecule has 0 aliphatic heterocycles. The Morgan fingerprint density at radius 3 is 1.97 bits per heavy atom. The zero-order valence-corrected chi connectivity index (χ0v) is 26.4. The summed E-state index contributed by atoms with van der Waals surface area (Å²) in [5.41, 5.74) is 4.47. The zero-order valence-electron chi connectivity index (χ0n) is 21.5. The third-order valence-corrected chi connectivity index (χ3v) is 3.68. The van der Waals surface area contributed by atoms with Crippen molar-refractivity contribution in [2.75, 3.05) is 13.2 Å². The Morgan fingerprint density at radius 2 is 1.46 bits per heavy atom. The summed E-state index contributed by atoms with van der Waals surface area (Å²) in [6.07, 6.45) is 8.24. The van der Waals surface area contributed by atoms with Crippen molar-refractivity contribution in [2.24, 2.45) is 5.73 Å². The molecule has 206 valence electrons. The average Bonchev–Trinajstić information content (AvgIpc) is 2.76. The van der Waals surface area contributed by atoms with Gasteiger partial charge in [-0.1, -0.05) is 32.6 Å². The molecule has 0 spiro atoms. The van der Waals surface area contributed by atoms with Gasteiger partial charge in [0.05, 0.1) is 14.4 Å². The van der Waals surface area contributed by atoms with Gasteiger partial charge in [0.2, 0.25) is 5.91 Å². The van der Waals surface area contributed by atoms with Crippen LogP contribution >= 0.6 is 7.82 Å². The second-order valence-electron chi connectivity index (χ2n) is 6.37. The van der Waals surface area contributed by atoms with E-state index in [0.717, 1.165) is 25.7 Å². The van der Waals surface area contributed by atoms with Crippen LogP contribution in [0.2, 0.25) is 0 Å². The summed E-state index contributed by atoms with van der Waals surface area (Å²) >= 11 is 0. The number of carbonyl (C=O) groups excluding carboxylic acids is 3. The van der Waals surface area contributed by atoms with Crippen LogP contribution in [0.4, 0.5) is 0 Å². The molecule has 0 saturated carbocycles. The van der Waals surface area contributed by atoms with E-state index in [1.807, 2.05) is 5.92 Å². The molecule has 0 bridgehead atoms. The average molecular weight is 568 g/mol. The van der Waals surface area contributed by atoms with Gasteiger partial charge in [-0.3, -0.25) is 9.59 Å². The number of primary amides is 1. The predicted molar refractivity (Wildman–Crippen MR) is 142 cm³/mol. The molecule has 10 nitrogen and oxygen atoms in total. The summed E-state index contributed by atoms with van der Waals surface area (Å²) in [5, 5.41) is 0. The van der Waals surface area contributed by atoms with E-state index in [-0.39, 0.29) is 84.3 Å². The van der Waals surface area contributed by atoms with E-state index >= 15 is 0 Å². The van der Waals surface area contributed by atoms with Crippen molar-refractivity contribution in [1.29, 1.82) is 0 Å². The van der Waals surface area contributed by atoms with Crippen molar-refractivity contribution < 1.29 is 115 Å². The molecule has 0 heterocycles. The molecule has 0 unspecified atom stereocenters. The molecule has 2 N–H and O–H groups in total. The van der Waals surface area contributed by atoms with Crippen LogP contribution in [0.1, 0.15) is 65.2 Å². The third-order valence-electron chi connectivity index (χ3n) is 3.21. The van der Waals surface area contributed by atoms with Gasteiger partial charge in [0.1, 0.15) is 6.61 Å². The van der Waals surface area contributed by atoms with Crippen molar-refractivity contribution in [3.8, 4) is 59.7 Å². The molecule has 0 aromatic rings. The number of terminal acetylenes is 1. The van der Waals surface area contributed by atoms with E-state index in [4.69, 9.17) is 15.9 Å². The van der Waals surface area contributed by atoms with Crippen LogP contribution in [0.3, 0.4) is 0 Å². The Morgan fingerprint density at radius 1 is 0.946 bits per heavy atom. The maximum Gasteiger partial charge on any atom is 1.00 e. The fraction of sp³-hybridized carbons (Fsp3) is 0.458. The standard InChI is InChI=1S/C22H23O8P.C2H5NO.2Na.9H2/c1-3-5-7-9-10-11-13-14-16-21(23)28-18-20(19-29-31(25,26)27)30-22(24)17-15-12-8-6-4-2;1-2(3)4;;;;;;;;;;;/h1,20H,4,6,8,12,15,17-19H2,2H3,(H2,25,26,27);1H3,(H2,3,4);;;9*1H/q;;2*+1;;;;;;;;;/p-2/t20-;;;;;;;;;;;;/m0............/s1. The number of phosphoric acid groups is 1. The van der Waals surface area contributed by atoms with E-state index in [0.29, 0.717) is 6.42 Å². The van der Waals surface area contributed by atoms with Crippen LogP contribution in [-0.4, -0.2) is 37.2 Å². The van der Waals surface area contributed by atoms with E-state index in [1.54, 1.807) is 0 Å². The number of unbranched alkanes of at least 4 members (excludes halogenated alkanes) is 4. The SMILES string of the molecule is C#CC#CC#CC#CC#CC(=O)OC[C@@H](COP(=O)([O-])[O-])OC(=O)CCCCCCC.CC(N)=O.[HH].[HH].[HH].[HH].[HH].[HH].[HH].[HH].[HH].[Na+].[Na+]. The van der Waals surface area contributed by atoms with Crippen LogP contribution in [0.5, 0.6) is 0 Å². The first kappa shape index (κ1) is 42.4. The van der Waals surface area contributed by atoms with E-state index in [1.165, 1.54) is 6.92 Å². The molecule has 0 aromatic carbocycles. The molecule has 1 amide bonds. The minimum absolute atomic E-state index is 0. The zero-order chi connectivity index (χ0) is 27.0. The minimum atomic E-state index is -5.29. The Hall–Kier alpha value is -1.68. The first-order valence-electron chi connectivity index (χ1n) is 10.3. The van der Waals surface area contributed by atoms with Gasteiger partial charge in [0, 0.05) is 32.1 Å². The molecular weight excluding hydrogens is 523 g/mol. The molecule has 13 heteroatoms. The summed E-state index contributed by atoms with van der Waals surface area (Å²) in [7, 11) is -5.29. The van der Waals surface area contributed by atoms with Crippen LogP contribution in [0.25, 0.3) is 0 Å². The molecule has 0 saturated heterocycles. The maximum atomic E-state index is 11.9. The summed E-state index contributed by atoms with van der Waals surface area (Å²) in [6, 6.07) is 0. The van der Waals surface area contributed by atoms with Gasteiger partial charge in [-0.05, 0) is 53.8 Å². The fourth-order valence-electron chi connectivity index (χ4n) is 1.89. The van der Waals surface area contributed by atoms with Gasteiger partial charge in [-0.15, -0.1) is 6.42 Å². The summed E-state index contributed by atoms with van der Waals surface area (Å²) < 4.78 is 24.6. The normalized spacial score (nSPS) is 9.16. The monoisotopic (exact) mass is 567 g/mol. The summed E-state index contributed by atoms with van der Waals surface area (Å²) in [6.45, 7) is 2.04. The van der Waals surface area contributed by atoms with Gasteiger partial charge < -0.3 is 34.1 Å². The topological polar surface area (TPSA) is 168 Å². The van der Waals surface area contributed by atoms with Crippen molar-refractivity contribution in [1.82, 2.24) is 0 Å². The van der Waals surface area contributed by atoms with Crippen LogP contribution in [-0.2, 0) is 32.9 Å². The number of hydrogen-bond donors (Lipinski definition) is 1. The van der Waals surface area contributed by atoms with Gasteiger partial charge >= 0.3 is 71.1 Å². The molecular formula is C24H44NNa2O9P. The molecule has 37 heavy (non-hydrogen) atoms. The number of rotatable bonds is 12. The molecule has 0 rings (SSSR count). The van der Waals surface area contributed by atoms with Gasteiger partial charge in [-0.2, -0.15) is 0 Å². The van der Waals surface area contributed by atoms with Crippen molar-refractivity contribution in [2.45, 2.75) is 58.5 Å². The number of hydrogen-bond acceptors (Lipinski definition) is 9. The molecule has 0 aliphatic rings. The van der Waals surface area contributed by atoms with Gasteiger partial charge in [-0.25, -0.2) is 4.79 Å². The number of nitrogens with two attached hydrogens (primary N) is 1. The first-order valence-corrected chi connectivity index (χ1v) is 11.7. The Kier molecular flexibility index (Phi) is 33.1. The van der Waals surface area contributed by atoms with E-state index in [2.05, 4.69) is 64.5 Å².